The summed E-state index contributed by atoms with van der Waals surface area (Å²) in [5, 5.41) is 26.2. The van der Waals surface area contributed by atoms with Gasteiger partial charge in [0, 0.05) is 49.0 Å². The van der Waals surface area contributed by atoms with Gasteiger partial charge in [-0.1, -0.05) is 98.2 Å². The lowest BCUT2D eigenvalue weighted by atomic mass is 9.49. The molecule has 3 aliphatic heterocycles. The highest BCUT2D eigenvalue weighted by Crippen LogP contribution is 2.64. The summed E-state index contributed by atoms with van der Waals surface area (Å²) in [4.78, 5) is 27.1. The number of nitrogens with one attached hydrogen (secondary N) is 1. The molecule has 7 atom stereocenters. The minimum Gasteiger partial charge on any atom is -0.616 e. The number of ether oxygens (including phenoxy) is 3. The number of halogens is 1. The van der Waals surface area contributed by atoms with Crippen LogP contribution in [0.25, 0.3) is 0 Å². The Morgan fingerprint density at radius 2 is 1.79 bits per heavy atom. The van der Waals surface area contributed by atoms with E-state index in [0.717, 1.165) is 79.1 Å². The summed E-state index contributed by atoms with van der Waals surface area (Å²) in [6.07, 6.45) is 15.2. The molecule has 1 saturated heterocycles. The normalized spacial score (nSPS) is 27.5. The largest absolute Gasteiger partial charge is 0.616 e. The molecule has 6 aliphatic rings. The van der Waals surface area contributed by atoms with Crippen molar-refractivity contribution in [1.29, 1.82) is 0 Å². The summed E-state index contributed by atoms with van der Waals surface area (Å²) in [5.74, 6) is 3.24. The Hall–Kier alpha value is -3.58. The summed E-state index contributed by atoms with van der Waals surface area (Å²) in [5.41, 5.74) is 1.79. The molecule has 0 aromatic heterocycles. The third-order valence-electron chi connectivity index (χ3n) is 14.3. The van der Waals surface area contributed by atoms with Gasteiger partial charge >= 0.3 is 0 Å². The molecule has 9 rings (SSSR count). The minimum absolute atomic E-state index is 0.0408. The number of likely N-dealkylation sites (N-methyl/N-ethyl adjacent to an activating group) is 1. The number of ketones is 2. The van der Waals surface area contributed by atoms with Crippen LogP contribution < -0.4 is 19.5 Å². The summed E-state index contributed by atoms with van der Waals surface area (Å²) >= 11 is 5.46. The molecule has 3 aromatic carbocycles. The molecule has 3 N–H and O–H groups in total. The zero-order valence-corrected chi connectivity index (χ0v) is 38.3. The molecular weight excluding hydrogens is 824 g/mol. The fourth-order valence-electron chi connectivity index (χ4n) is 11.0. The van der Waals surface area contributed by atoms with Gasteiger partial charge in [0.2, 0.25) is 6.79 Å². The number of unbranched alkanes of at least 4 members (excludes halogenated alkanes) is 5. The Morgan fingerprint density at radius 3 is 2.55 bits per heavy atom. The van der Waals surface area contributed by atoms with Gasteiger partial charge < -0.3 is 34.3 Å². The molecule has 2 bridgehead atoms. The third kappa shape index (κ3) is 8.79. The van der Waals surface area contributed by atoms with Crippen LogP contribution in [0.3, 0.4) is 0 Å². The maximum atomic E-state index is 12.6. The quantitative estimate of drug-likeness (QED) is 0.0819. The van der Waals surface area contributed by atoms with Crippen LogP contribution in [0.5, 0.6) is 23.0 Å². The first-order valence-corrected chi connectivity index (χ1v) is 24.5. The number of rotatable bonds is 14. The van der Waals surface area contributed by atoms with Gasteiger partial charge in [-0.3, -0.25) is 14.5 Å². The summed E-state index contributed by atoms with van der Waals surface area (Å²) < 4.78 is 29.0. The number of hydrogen-bond donors (Lipinski definition) is 3. The van der Waals surface area contributed by atoms with Crippen molar-refractivity contribution in [3.63, 3.8) is 0 Å². The number of aromatic hydroxyl groups is 1. The molecule has 336 valence electrons. The highest BCUT2D eigenvalue weighted by atomic mass is 35.5. The first-order chi connectivity index (χ1) is 29.9. The average molecular weight is 890 g/mol. The second-order valence-corrected chi connectivity index (χ2v) is 20.3. The van der Waals surface area contributed by atoms with Crippen molar-refractivity contribution in [1.82, 2.24) is 10.2 Å². The fraction of sp³-hybridized carbons (Fsp3) is 0.560. The van der Waals surface area contributed by atoms with E-state index in [-0.39, 0.29) is 28.6 Å². The summed E-state index contributed by atoms with van der Waals surface area (Å²) in [6, 6.07) is 17.1. The van der Waals surface area contributed by atoms with Gasteiger partial charge in [-0.15, -0.1) is 6.58 Å². The molecule has 62 heavy (non-hydrogen) atoms. The molecule has 3 aromatic rings. The zero-order chi connectivity index (χ0) is 44.1. The van der Waals surface area contributed by atoms with Crippen LogP contribution in [0.15, 0.2) is 67.3 Å². The Kier molecular flexibility index (Phi) is 15.0. The van der Waals surface area contributed by atoms with Crippen LogP contribution in [0, 0.1) is 0 Å². The van der Waals surface area contributed by atoms with E-state index in [1.165, 1.54) is 37.7 Å². The van der Waals surface area contributed by atoms with Gasteiger partial charge in [0.25, 0.3) is 0 Å². The number of phenolic OH excluding ortho intramolecular Hbond substituents is 1. The maximum absolute atomic E-state index is 12.6. The number of fused-ring (bicyclic) bond motifs is 1. The summed E-state index contributed by atoms with van der Waals surface area (Å²) in [7, 11) is 1.84. The smallest absolute Gasteiger partial charge is 0.231 e. The monoisotopic (exact) mass is 888 g/mol. The molecule has 1 spiro atoms. The fourth-order valence-corrected chi connectivity index (χ4v) is 12.6. The molecule has 10 nitrogen and oxygen atoms in total. The number of carbonyl (C=O) groups excluding carboxylic acids is 2. The van der Waals surface area contributed by atoms with E-state index in [1.807, 2.05) is 61.7 Å². The number of likely N-dealkylation sites (tertiary alicyclic amines) is 1. The van der Waals surface area contributed by atoms with E-state index in [2.05, 4.69) is 30.6 Å². The first-order valence-electron chi connectivity index (χ1n) is 22.8. The van der Waals surface area contributed by atoms with E-state index >= 15 is 0 Å². The molecule has 2 saturated carbocycles. The lowest BCUT2D eigenvalue weighted by molar-refractivity contribution is -0.187. The molecule has 3 unspecified atom stereocenters. The molecule has 0 radical (unpaired) electrons. The highest BCUT2D eigenvalue weighted by Gasteiger charge is 2.73. The van der Waals surface area contributed by atoms with Crippen LogP contribution in [-0.4, -0.2) is 86.9 Å². The van der Waals surface area contributed by atoms with Crippen LogP contribution >= 0.6 is 11.6 Å². The molecular formula is C50H65ClN2O8S. The number of aliphatic hydroxyl groups is 1. The van der Waals surface area contributed by atoms with E-state index < -0.39 is 33.8 Å². The summed E-state index contributed by atoms with van der Waals surface area (Å²) in [6.45, 7) is 9.98. The van der Waals surface area contributed by atoms with Crippen LogP contribution in [0.4, 0.5) is 0 Å². The SMILES string of the molecule is C=CCN1CC[C@]23c4c5ccc(O)c4O[C@H]2C(=O)CC[C@@]3(O)[C@H]1C5.CCCCCCCC[S+]([O-])C(C)Cc1ccc2c(c1)OCO2.CNC1(c2ccccc2Cl)CCCCC1=O. The van der Waals surface area contributed by atoms with Crippen LogP contribution in [0.2, 0.25) is 5.02 Å². The number of piperidine rings is 1. The van der Waals surface area contributed by atoms with Crippen LogP contribution in [-0.2, 0) is 44.6 Å². The molecule has 3 heterocycles. The molecule has 12 heteroatoms. The Labute approximate surface area is 375 Å². The predicted molar refractivity (Wildman–Crippen MR) is 245 cm³/mol. The highest BCUT2D eigenvalue weighted by molar-refractivity contribution is 7.92. The minimum atomic E-state index is -1.00. The Balaban J connectivity index is 0.000000143. The Morgan fingerprint density at radius 1 is 1.02 bits per heavy atom. The van der Waals surface area contributed by atoms with Gasteiger partial charge in [-0.25, -0.2) is 0 Å². The van der Waals surface area contributed by atoms with E-state index in [0.29, 0.717) is 49.7 Å². The average Bonchev–Trinajstić information content (AvgIpc) is 3.89. The van der Waals surface area contributed by atoms with E-state index in [9.17, 15) is 24.4 Å². The Bertz CT molecular complexity index is 2080. The number of benzene rings is 3. The maximum Gasteiger partial charge on any atom is 0.231 e. The standard InChI is InChI=1S/C19H21NO4.C18H28O3S.C13H16ClNO/c1-2-8-20-9-7-18-15-11-3-4-12(21)16(15)24-17(18)13(22)5-6-19(18,23)14(20)10-11;1-3-4-5-6-7-8-11-22(19)15(2)12-16-9-10-17-18(13-16)21-14-20-17;1-15-13(9-5-4-8-12(13)16)10-6-2-3-7-11(10)14/h2-4,14,17,21,23H,1,5-10H2;9-10,13,15H,3-8,11-12,14H2,1-2H3;2-3,6-7,15H,4-5,8-9H2,1H3/t14-,17+,18+,19-;;/m1../s1. The number of Topliss-reactive ketones (excluding diaryl/α,β-unsaturated/α-hetero) is 2. The van der Waals surface area contributed by atoms with Gasteiger partial charge in [0.15, 0.2) is 40.7 Å². The predicted octanol–water partition coefficient (Wildman–Crippen LogP) is 8.65. The van der Waals surface area contributed by atoms with Crippen molar-refractivity contribution in [2.45, 2.75) is 144 Å². The van der Waals surface area contributed by atoms with Crippen molar-refractivity contribution >= 4 is 34.3 Å². The van der Waals surface area contributed by atoms with Crippen molar-refractivity contribution in [2.24, 2.45) is 0 Å². The van der Waals surface area contributed by atoms with Gasteiger partial charge in [-0.05, 0) is 99.9 Å². The topological polar surface area (TPSA) is 141 Å². The van der Waals surface area contributed by atoms with Crippen molar-refractivity contribution < 1.29 is 38.6 Å². The number of phenols is 1. The third-order valence-corrected chi connectivity index (χ3v) is 16.4. The van der Waals surface area contributed by atoms with Gasteiger partial charge in [0.05, 0.1) is 11.0 Å². The number of nitrogens with zero attached hydrogens (tertiary/aromatic N) is 1. The van der Waals surface area contributed by atoms with Gasteiger partial charge in [-0.2, -0.15) is 0 Å². The number of hydrogen-bond acceptors (Lipinski definition) is 10. The van der Waals surface area contributed by atoms with Crippen molar-refractivity contribution in [3.05, 3.63) is 94.5 Å². The van der Waals surface area contributed by atoms with E-state index in [4.69, 9.17) is 25.8 Å². The van der Waals surface area contributed by atoms with Crippen molar-refractivity contribution in [2.75, 3.05) is 32.7 Å². The molecule has 0 amide bonds. The van der Waals surface area contributed by atoms with Crippen molar-refractivity contribution in [3.8, 4) is 23.0 Å². The van der Waals surface area contributed by atoms with Gasteiger partial charge in [0.1, 0.15) is 16.5 Å². The molecule has 3 aliphatic carbocycles. The molecule has 3 fully saturated rings. The lowest BCUT2D eigenvalue weighted by Crippen LogP contribution is -2.76. The zero-order valence-electron chi connectivity index (χ0n) is 36.7. The lowest BCUT2D eigenvalue weighted by Gasteiger charge is -2.62. The number of carbonyl (C=O) groups is 2. The van der Waals surface area contributed by atoms with Crippen LogP contribution in [0.1, 0.15) is 120 Å². The van der Waals surface area contributed by atoms with E-state index in [1.54, 1.807) is 6.07 Å². The first kappa shape index (κ1) is 46.4. The second-order valence-electron chi connectivity index (χ2n) is 17.9. The second kappa shape index (κ2) is 20.1.